The van der Waals surface area contributed by atoms with Gasteiger partial charge in [0, 0.05) is 28.7 Å². The molecule has 1 aliphatic carbocycles. The molecular formula is C25H26N2O. The van der Waals surface area contributed by atoms with Crippen LogP contribution in [0.15, 0.2) is 53.2 Å². The minimum atomic E-state index is 0.569. The van der Waals surface area contributed by atoms with Crippen molar-refractivity contribution in [1.29, 1.82) is 0 Å². The van der Waals surface area contributed by atoms with Crippen molar-refractivity contribution in [2.24, 2.45) is 5.92 Å². The Hall–Kier alpha value is -2.68. The molecular weight excluding hydrogens is 344 g/mol. The van der Waals surface area contributed by atoms with E-state index in [1.54, 1.807) is 6.20 Å². The van der Waals surface area contributed by atoms with Crippen LogP contribution in [-0.4, -0.2) is 9.97 Å². The van der Waals surface area contributed by atoms with Crippen molar-refractivity contribution in [3.63, 3.8) is 0 Å². The average molecular weight is 370 g/mol. The number of aryl methyl sites for hydroxylation is 1. The van der Waals surface area contributed by atoms with Crippen molar-refractivity contribution in [2.75, 3.05) is 0 Å². The summed E-state index contributed by atoms with van der Waals surface area (Å²) in [6, 6.07) is 12.9. The summed E-state index contributed by atoms with van der Waals surface area (Å²) >= 11 is 0. The Kier molecular flexibility index (Phi) is 4.38. The van der Waals surface area contributed by atoms with Crippen LogP contribution in [0.3, 0.4) is 0 Å². The topological polar surface area (TPSA) is 38.9 Å². The highest BCUT2D eigenvalue weighted by Crippen LogP contribution is 2.39. The highest BCUT2D eigenvalue weighted by atomic mass is 16.3. The van der Waals surface area contributed by atoms with Gasteiger partial charge in [0.1, 0.15) is 5.58 Å². The van der Waals surface area contributed by atoms with Gasteiger partial charge >= 0.3 is 0 Å². The van der Waals surface area contributed by atoms with Crippen LogP contribution >= 0.6 is 0 Å². The van der Waals surface area contributed by atoms with Gasteiger partial charge in [-0.2, -0.15) is 0 Å². The quantitative estimate of drug-likeness (QED) is 0.388. The van der Waals surface area contributed by atoms with E-state index in [1.165, 1.54) is 43.2 Å². The van der Waals surface area contributed by atoms with E-state index in [9.17, 15) is 0 Å². The first kappa shape index (κ1) is 17.4. The number of hydrogen-bond acceptors (Lipinski definition) is 3. The van der Waals surface area contributed by atoms with E-state index in [0.29, 0.717) is 11.6 Å². The Balaban J connectivity index is 1.62. The molecule has 4 aromatic rings. The van der Waals surface area contributed by atoms with Crippen molar-refractivity contribution in [1.82, 2.24) is 9.97 Å². The van der Waals surface area contributed by atoms with E-state index in [4.69, 9.17) is 9.40 Å². The maximum atomic E-state index is 6.16. The molecule has 0 aliphatic heterocycles. The zero-order valence-electron chi connectivity index (χ0n) is 16.6. The number of fused-ring (bicyclic) bond motifs is 3. The Morgan fingerprint density at radius 2 is 1.82 bits per heavy atom. The maximum absolute atomic E-state index is 6.16. The Morgan fingerprint density at radius 3 is 2.68 bits per heavy atom. The van der Waals surface area contributed by atoms with Gasteiger partial charge in [-0.25, -0.2) is 4.98 Å². The molecule has 0 amide bonds. The SMILES string of the molecule is Cc1cc(-c2cc(C(C)C3CCCCC3)ccn2)c2oc3ncccc3c2c1. The van der Waals surface area contributed by atoms with E-state index in [-0.39, 0.29) is 0 Å². The molecule has 1 saturated carbocycles. The Labute approximate surface area is 165 Å². The number of benzene rings is 1. The summed E-state index contributed by atoms with van der Waals surface area (Å²) < 4.78 is 6.16. The molecule has 3 nitrogen and oxygen atoms in total. The maximum Gasteiger partial charge on any atom is 0.227 e. The molecule has 1 aliphatic rings. The van der Waals surface area contributed by atoms with Gasteiger partial charge < -0.3 is 4.42 Å². The van der Waals surface area contributed by atoms with Crippen LogP contribution in [0.4, 0.5) is 0 Å². The lowest BCUT2D eigenvalue weighted by molar-refractivity contribution is 0.316. The van der Waals surface area contributed by atoms with Gasteiger partial charge in [-0.1, -0.05) is 26.2 Å². The van der Waals surface area contributed by atoms with Crippen LogP contribution in [0.1, 0.15) is 56.1 Å². The number of furan rings is 1. The van der Waals surface area contributed by atoms with Gasteiger partial charge in [0.15, 0.2) is 0 Å². The fourth-order valence-electron chi connectivity index (χ4n) is 4.83. The van der Waals surface area contributed by atoms with E-state index in [2.05, 4.69) is 49.2 Å². The summed E-state index contributed by atoms with van der Waals surface area (Å²) in [6.07, 6.45) is 10.6. The first-order valence-corrected chi connectivity index (χ1v) is 10.4. The smallest absolute Gasteiger partial charge is 0.227 e. The van der Waals surface area contributed by atoms with Crippen molar-refractivity contribution >= 4 is 22.1 Å². The molecule has 28 heavy (non-hydrogen) atoms. The second-order valence-electron chi connectivity index (χ2n) is 8.31. The molecule has 0 radical (unpaired) electrons. The van der Waals surface area contributed by atoms with Crippen LogP contribution < -0.4 is 0 Å². The predicted octanol–water partition coefficient (Wildman–Crippen LogP) is 7.04. The highest BCUT2D eigenvalue weighted by molar-refractivity contribution is 6.08. The molecule has 0 N–H and O–H groups in total. The lowest BCUT2D eigenvalue weighted by atomic mass is 9.78. The normalized spacial score (nSPS) is 16.6. The third-order valence-electron chi connectivity index (χ3n) is 6.44. The largest absolute Gasteiger partial charge is 0.437 e. The first-order valence-electron chi connectivity index (χ1n) is 10.4. The number of aromatic nitrogens is 2. The fourth-order valence-corrected chi connectivity index (χ4v) is 4.83. The van der Waals surface area contributed by atoms with Gasteiger partial charge in [0.05, 0.1) is 5.69 Å². The van der Waals surface area contributed by atoms with Gasteiger partial charge in [0.25, 0.3) is 0 Å². The minimum Gasteiger partial charge on any atom is -0.437 e. The van der Waals surface area contributed by atoms with Crippen molar-refractivity contribution in [3.8, 4) is 11.3 Å². The Bertz CT molecular complexity index is 1140. The summed E-state index contributed by atoms with van der Waals surface area (Å²) in [5.41, 5.74) is 6.23. The van der Waals surface area contributed by atoms with Gasteiger partial charge in [0.2, 0.25) is 5.71 Å². The number of rotatable bonds is 3. The molecule has 3 heteroatoms. The lowest BCUT2D eigenvalue weighted by Crippen LogP contribution is -2.14. The van der Waals surface area contributed by atoms with Gasteiger partial charge in [-0.15, -0.1) is 0 Å². The summed E-state index contributed by atoms with van der Waals surface area (Å²) in [4.78, 5) is 9.12. The van der Waals surface area contributed by atoms with E-state index in [1.807, 2.05) is 12.3 Å². The number of nitrogens with zero attached hydrogens (tertiary/aromatic N) is 2. The molecule has 0 saturated heterocycles. The minimum absolute atomic E-state index is 0.569. The van der Waals surface area contributed by atoms with E-state index < -0.39 is 0 Å². The second kappa shape index (κ2) is 7.05. The van der Waals surface area contributed by atoms with Crippen LogP contribution in [0.25, 0.3) is 33.3 Å². The van der Waals surface area contributed by atoms with Crippen LogP contribution in [0.2, 0.25) is 0 Å². The highest BCUT2D eigenvalue weighted by Gasteiger charge is 2.22. The van der Waals surface area contributed by atoms with Crippen LogP contribution in [0.5, 0.6) is 0 Å². The molecule has 0 bridgehead atoms. The van der Waals surface area contributed by atoms with Gasteiger partial charge in [-0.3, -0.25) is 4.98 Å². The summed E-state index contributed by atoms with van der Waals surface area (Å²) in [7, 11) is 0. The molecule has 142 valence electrons. The molecule has 3 aromatic heterocycles. The fraction of sp³-hybridized carbons (Fsp3) is 0.360. The van der Waals surface area contributed by atoms with E-state index in [0.717, 1.165) is 33.5 Å². The molecule has 1 atom stereocenters. The standard InChI is InChI=1S/C25H26N2O/c1-16-13-21-20-9-6-11-27-25(20)28-24(21)22(14-16)23-15-19(10-12-26-23)17(2)18-7-4-3-5-8-18/h6,9-15,17-18H,3-5,7-8H2,1-2H3. The molecule has 1 aromatic carbocycles. The number of pyridine rings is 2. The summed E-state index contributed by atoms with van der Waals surface area (Å²) in [6.45, 7) is 4.51. The van der Waals surface area contributed by atoms with Crippen LogP contribution in [-0.2, 0) is 0 Å². The third-order valence-corrected chi connectivity index (χ3v) is 6.44. The lowest BCUT2D eigenvalue weighted by Gasteiger charge is -2.28. The summed E-state index contributed by atoms with van der Waals surface area (Å²) in [5, 5.41) is 2.18. The average Bonchev–Trinajstić information content (AvgIpc) is 3.12. The predicted molar refractivity (Wildman–Crippen MR) is 114 cm³/mol. The molecule has 1 fully saturated rings. The van der Waals surface area contributed by atoms with E-state index >= 15 is 0 Å². The van der Waals surface area contributed by atoms with Crippen molar-refractivity contribution in [2.45, 2.75) is 51.9 Å². The van der Waals surface area contributed by atoms with Crippen molar-refractivity contribution < 1.29 is 4.42 Å². The molecule has 0 spiro atoms. The zero-order chi connectivity index (χ0) is 19.1. The van der Waals surface area contributed by atoms with Crippen molar-refractivity contribution in [3.05, 3.63) is 59.9 Å². The monoisotopic (exact) mass is 370 g/mol. The molecule has 5 rings (SSSR count). The molecule has 1 unspecified atom stereocenters. The molecule has 3 heterocycles. The third kappa shape index (κ3) is 2.99. The Morgan fingerprint density at radius 1 is 0.964 bits per heavy atom. The zero-order valence-corrected chi connectivity index (χ0v) is 16.6. The number of hydrogen-bond donors (Lipinski definition) is 0. The van der Waals surface area contributed by atoms with Gasteiger partial charge in [-0.05, 0) is 79.1 Å². The summed E-state index contributed by atoms with van der Waals surface area (Å²) in [5.74, 6) is 1.36. The van der Waals surface area contributed by atoms with Crippen LogP contribution in [0, 0.1) is 12.8 Å². The first-order chi connectivity index (χ1) is 13.7. The second-order valence-corrected chi connectivity index (χ2v) is 8.31.